The average molecular weight is 331 g/mol. The SMILES string of the molecule is COc1ccccc1CNCc1c(Cl)ccc(Cl)c1Cl. The molecule has 2 rings (SSSR count). The van der Waals surface area contributed by atoms with Crippen molar-refractivity contribution < 1.29 is 4.74 Å². The van der Waals surface area contributed by atoms with Crippen LogP contribution in [0.3, 0.4) is 0 Å². The highest BCUT2D eigenvalue weighted by Gasteiger charge is 2.09. The van der Waals surface area contributed by atoms with E-state index in [1.807, 2.05) is 24.3 Å². The van der Waals surface area contributed by atoms with E-state index in [0.717, 1.165) is 16.9 Å². The molecule has 0 saturated heterocycles. The molecule has 0 heterocycles. The van der Waals surface area contributed by atoms with Crippen molar-refractivity contribution in [2.75, 3.05) is 7.11 Å². The van der Waals surface area contributed by atoms with Crippen molar-refractivity contribution in [1.82, 2.24) is 5.32 Å². The van der Waals surface area contributed by atoms with Crippen molar-refractivity contribution in [3.05, 3.63) is 62.6 Å². The predicted octanol–water partition coefficient (Wildman–Crippen LogP) is 4.95. The lowest BCUT2D eigenvalue weighted by molar-refractivity contribution is 0.407. The number of rotatable bonds is 5. The van der Waals surface area contributed by atoms with Gasteiger partial charge in [0.25, 0.3) is 0 Å². The third-order valence-electron chi connectivity index (χ3n) is 2.95. The van der Waals surface area contributed by atoms with Crippen LogP contribution in [0, 0.1) is 0 Å². The Morgan fingerprint density at radius 2 is 1.65 bits per heavy atom. The van der Waals surface area contributed by atoms with E-state index in [0.29, 0.717) is 28.2 Å². The van der Waals surface area contributed by atoms with Gasteiger partial charge in [-0.1, -0.05) is 53.0 Å². The fourth-order valence-corrected chi connectivity index (χ4v) is 2.58. The summed E-state index contributed by atoms with van der Waals surface area (Å²) in [6, 6.07) is 11.3. The molecule has 1 N–H and O–H groups in total. The van der Waals surface area contributed by atoms with E-state index in [1.165, 1.54) is 0 Å². The summed E-state index contributed by atoms with van der Waals surface area (Å²) in [4.78, 5) is 0. The first-order chi connectivity index (χ1) is 9.63. The Balaban J connectivity index is 2.05. The van der Waals surface area contributed by atoms with Gasteiger partial charge in [0.2, 0.25) is 0 Å². The molecule has 0 bridgehead atoms. The molecule has 0 amide bonds. The third kappa shape index (κ3) is 3.58. The van der Waals surface area contributed by atoms with Crippen LogP contribution in [0.4, 0.5) is 0 Å². The Hall–Kier alpha value is -0.930. The zero-order valence-electron chi connectivity index (χ0n) is 10.9. The Bertz CT molecular complexity index is 602. The van der Waals surface area contributed by atoms with Gasteiger partial charge in [-0.3, -0.25) is 0 Å². The lowest BCUT2D eigenvalue weighted by atomic mass is 10.2. The van der Waals surface area contributed by atoms with Crippen LogP contribution in [-0.2, 0) is 13.1 Å². The summed E-state index contributed by atoms with van der Waals surface area (Å²) < 4.78 is 5.30. The third-order valence-corrected chi connectivity index (χ3v) is 4.15. The van der Waals surface area contributed by atoms with E-state index in [1.54, 1.807) is 19.2 Å². The van der Waals surface area contributed by atoms with E-state index in [9.17, 15) is 0 Å². The Morgan fingerprint density at radius 3 is 2.40 bits per heavy atom. The number of halogens is 3. The first-order valence-corrected chi connectivity index (χ1v) is 7.22. The molecule has 0 fully saturated rings. The normalized spacial score (nSPS) is 10.6. The van der Waals surface area contributed by atoms with E-state index in [2.05, 4.69) is 5.32 Å². The molecule has 0 aromatic heterocycles. The lowest BCUT2D eigenvalue weighted by Crippen LogP contribution is -2.14. The van der Waals surface area contributed by atoms with Crippen LogP contribution < -0.4 is 10.1 Å². The minimum Gasteiger partial charge on any atom is -0.496 e. The van der Waals surface area contributed by atoms with Gasteiger partial charge in [-0.2, -0.15) is 0 Å². The smallest absolute Gasteiger partial charge is 0.123 e. The fraction of sp³-hybridized carbons (Fsp3) is 0.200. The molecule has 20 heavy (non-hydrogen) atoms. The summed E-state index contributed by atoms with van der Waals surface area (Å²) >= 11 is 18.3. The second-order valence-corrected chi connectivity index (χ2v) is 5.43. The Kier molecular flexibility index (Phi) is 5.55. The Labute approximate surface area is 133 Å². The van der Waals surface area contributed by atoms with Crippen LogP contribution in [0.2, 0.25) is 15.1 Å². The topological polar surface area (TPSA) is 21.3 Å². The highest BCUT2D eigenvalue weighted by atomic mass is 35.5. The molecule has 5 heteroatoms. The van der Waals surface area contributed by atoms with Crippen LogP contribution in [-0.4, -0.2) is 7.11 Å². The zero-order chi connectivity index (χ0) is 14.5. The molecular weight excluding hydrogens is 317 g/mol. The van der Waals surface area contributed by atoms with Gasteiger partial charge in [0.05, 0.1) is 17.2 Å². The van der Waals surface area contributed by atoms with Crippen molar-refractivity contribution in [3.63, 3.8) is 0 Å². The average Bonchev–Trinajstić information content (AvgIpc) is 2.47. The number of para-hydroxylation sites is 1. The van der Waals surface area contributed by atoms with Gasteiger partial charge in [-0.15, -0.1) is 0 Å². The molecule has 0 spiro atoms. The lowest BCUT2D eigenvalue weighted by Gasteiger charge is -2.12. The van der Waals surface area contributed by atoms with E-state index < -0.39 is 0 Å². The summed E-state index contributed by atoms with van der Waals surface area (Å²) in [5.74, 6) is 0.850. The van der Waals surface area contributed by atoms with Gasteiger partial charge in [0, 0.05) is 29.2 Å². The molecule has 0 aliphatic rings. The molecule has 0 atom stereocenters. The van der Waals surface area contributed by atoms with E-state index in [4.69, 9.17) is 39.5 Å². The van der Waals surface area contributed by atoms with Crippen LogP contribution >= 0.6 is 34.8 Å². The highest BCUT2D eigenvalue weighted by molar-refractivity contribution is 6.44. The largest absolute Gasteiger partial charge is 0.496 e. The molecule has 0 aliphatic heterocycles. The summed E-state index contributed by atoms with van der Waals surface area (Å²) in [6.07, 6.45) is 0. The molecule has 2 aromatic rings. The van der Waals surface area contributed by atoms with Gasteiger partial charge < -0.3 is 10.1 Å². The molecule has 0 radical (unpaired) electrons. The summed E-state index contributed by atoms with van der Waals surface area (Å²) in [5, 5.41) is 4.89. The number of nitrogens with one attached hydrogen (secondary N) is 1. The van der Waals surface area contributed by atoms with Crippen molar-refractivity contribution in [3.8, 4) is 5.75 Å². The quantitative estimate of drug-likeness (QED) is 0.784. The zero-order valence-corrected chi connectivity index (χ0v) is 13.2. The molecule has 0 aliphatic carbocycles. The number of hydrogen-bond acceptors (Lipinski definition) is 2. The summed E-state index contributed by atoms with van der Waals surface area (Å²) in [6.45, 7) is 1.19. The van der Waals surface area contributed by atoms with Crippen LogP contribution in [0.25, 0.3) is 0 Å². The van der Waals surface area contributed by atoms with Gasteiger partial charge >= 0.3 is 0 Å². The van der Waals surface area contributed by atoms with Crippen LogP contribution in [0.15, 0.2) is 36.4 Å². The van der Waals surface area contributed by atoms with Crippen molar-refractivity contribution >= 4 is 34.8 Å². The second-order valence-electron chi connectivity index (χ2n) is 4.24. The standard InChI is InChI=1S/C15H14Cl3NO/c1-20-14-5-3-2-4-10(14)8-19-9-11-12(16)6-7-13(17)15(11)18/h2-7,19H,8-9H2,1H3. The molecule has 0 saturated carbocycles. The molecular formula is C15H14Cl3NO. The van der Waals surface area contributed by atoms with Crippen molar-refractivity contribution in [2.45, 2.75) is 13.1 Å². The van der Waals surface area contributed by atoms with Crippen molar-refractivity contribution in [1.29, 1.82) is 0 Å². The van der Waals surface area contributed by atoms with Crippen LogP contribution in [0.1, 0.15) is 11.1 Å². The second kappa shape index (κ2) is 7.19. The van der Waals surface area contributed by atoms with Gasteiger partial charge in [-0.25, -0.2) is 0 Å². The minimum atomic E-state index is 0.492. The fourth-order valence-electron chi connectivity index (χ4n) is 1.90. The summed E-state index contributed by atoms with van der Waals surface area (Å²) in [5.41, 5.74) is 1.88. The maximum Gasteiger partial charge on any atom is 0.123 e. The minimum absolute atomic E-state index is 0.492. The van der Waals surface area contributed by atoms with Crippen molar-refractivity contribution in [2.24, 2.45) is 0 Å². The Morgan fingerprint density at radius 1 is 0.950 bits per heavy atom. The number of ether oxygens (including phenoxy) is 1. The number of benzene rings is 2. The van der Waals surface area contributed by atoms with E-state index >= 15 is 0 Å². The summed E-state index contributed by atoms with van der Waals surface area (Å²) in [7, 11) is 1.66. The first kappa shape index (κ1) is 15.5. The van der Waals surface area contributed by atoms with Gasteiger partial charge in [0.15, 0.2) is 0 Å². The number of methoxy groups -OCH3 is 1. The van der Waals surface area contributed by atoms with Gasteiger partial charge in [0.1, 0.15) is 5.75 Å². The predicted molar refractivity (Wildman–Crippen MR) is 85.0 cm³/mol. The number of hydrogen-bond donors (Lipinski definition) is 1. The maximum atomic E-state index is 6.16. The van der Waals surface area contributed by atoms with E-state index in [-0.39, 0.29) is 0 Å². The van der Waals surface area contributed by atoms with Gasteiger partial charge in [-0.05, 0) is 18.2 Å². The van der Waals surface area contributed by atoms with Crippen LogP contribution in [0.5, 0.6) is 5.75 Å². The molecule has 2 aromatic carbocycles. The molecule has 2 nitrogen and oxygen atoms in total. The monoisotopic (exact) mass is 329 g/mol. The molecule has 0 unspecified atom stereocenters. The first-order valence-electron chi connectivity index (χ1n) is 6.08. The maximum absolute atomic E-state index is 6.16. The highest BCUT2D eigenvalue weighted by Crippen LogP contribution is 2.31. The molecule has 106 valence electrons.